The summed E-state index contributed by atoms with van der Waals surface area (Å²) in [7, 11) is 1.60. The summed E-state index contributed by atoms with van der Waals surface area (Å²) in [6.07, 6.45) is 2.99. The smallest absolute Gasteiger partial charge is 0.176 e. The monoisotopic (exact) mass is 296 g/mol. The molecule has 1 fully saturated rings. The lowest BCUT2D eigenvalue weighted by atomic mass is 9.92. The second-order valence-corrected chi connectivity index (χ2v) is 6.88. The van der Waals surface area contributed by atoms with Gasteiger partial charge in [-0.2, -0.15) is 0 Å². The first-order chi connectivity index (χ1) is 9.45. The number of nitrogens with one attached hydrogen (secondary N) is 1. The molecule has 0 bridgehead atoms. The third-order valence-corrected chi connectivity index (χ3v) is 5.58. The van der Waals surface area contributed by atoms with Crippen LogP contribution < -0.4 is 15.8 Å². The minimum atomic E-state index is 0.0730. The molecule has 1 aliphatic rings. The maximum atomic E-state index is 11.9. The number of carbonyl (C=O) groups is 1. The number of carbonyl (C=O) groups excluding carboxylic acids is 1. The van der Waals surface area contributed by atoms with Gasteiger partial charge in [0.15, 0.2) is 11.5 Å². The molecule has 1 saturated carbocycles. The van der Waals surface area contributed by atoms with Gasteiger partial charge in [0.25, 0.3) is 0 Å². The van der Waals surface area contributed by atoms with Crippen LogP contribution in [0.25, 0.3) is 0 Å². The van der Waals surface area contributed by atoms with E-state index < -0.39 is 0 Å². The fourth-order valence-electron chi connectivity index (χ4n) is 2.49. The Morgan fingerprint density at radius 2 is 2.15 bits per heavy atom. The van der Waals surface area contributed by atoms with Gasteiger partial charge < -0.3 is 15.8 Å². The van der Waals surface area contributed by atoms with Crippen molar-refractivity contribution < 1.29 is 9.53 Å². The Kier molecular flexibility index (Phi) is 4.28. The van der Waals surface area contributed by atoms with E-state index in [0.717, 1.165) is 11.5 Å². The standard InChI is InChI=1S/C15H24N2O2S/c1-5-10(18)13-11(16)12(19-4)14(20-13)17-8-15(6-7-15)9(2)3/h9,17H,5-8,16H2,1-4H3. The second kappa shape index (κ2) is 5.64. The van der Waals surface area contributed by atoms with Crippen LogP contribution in [0.4, 0.5) is 10.7 Å². The molecule has 1 aromatic rings. The van der Waals surface area contributed by atoms with Crippen molar-refractivity contribution in [2.45, 2.75) is 40.0 Å². The van der Waals surface area contributed by atoms with E-state index in [1.54, 1.807) is 7.11 Å². The predicted molar refractivity (Wildman–Crippen MR) is 84.9 cm³/mol. The van der Waals surface area contributed by atoms with E-state index >= 15 is 0 Å². The van der Waals surface area contributed by atoms with Crippen LogP contribution in [0.2, 0.25) is 0 Å². The van der Waals surface area contributed by atoms with Gasteiger partial charge in [-0.15, -0.1) is 11.3 Å². The third-order valence-electron chi connectivity index (χ3n) is 4.40. The van der Waals surface area contributed by atoms with Gasteiger partial charge in [0.2, 0.25) is 0 Å². The summed E-state index contributed by atoms with van der Waals surface area (Å²) < 4.78 is 5.37. The molecular weight excluding hydrogens is 272 g/mol. The highest BCUT2D eigenvalue weighted by molar-refractivity contribution is 7.19. The summed E-state index contributed by atoms with van der Waals surface area (Å²) in [5, 5.41) is 4.33. The number of rotatable bonds is 7. The molecular formula is C15H24N2O2S. The quantitative estimate of drug-likeness (QED) is 0.752. The molecule has 5 heteroatoms. The zero-order valence-corrected chi connectivity index (χ0v) is 13.5. The van der Waals surface area contributed by atoms with Crippen LogP contribution in [0.3, 0.4) is 0 Å². The normalized spacial score (nSPS) is 16.2. The zero-order valence-electron chi connectivity index (χ0n) is 12.7. The maximum Gasteiger partial charge on any atom is 0.176 e. The molecule has 0 unspecified atom stereocenters. The number of nitrogen functional groups attached to an aromatic ring is 1. The lowest BCUT2D eigenvalue weighted by Gasteiger charge is -2.20. The van der Waals surface area contributed by atoms with Crippen LogP contribution in [0.15, 0.2) is 0 Å². The molecule has 112 valence electrons. The highest BCUT2D eigenvalue weighted by Gasteiger charge is 2.45. The number of Topliss-reactive ketones (excluding diaryl/α,β-unsaturated/α-hetero) is 1. The summed E-state index contributed by atoms with van der Waals surface area (Å²) in [4.78, 5) is 12.5. The Morgan fingerprint density at radius 1 is 1.50 bits per heavy atom. The Hall–Kier alpha value is -1.23. The molecule has 0 amide bonds. The van der Waals surface area contributed by atoms with Gasteiger partial charge in [-0.05, 0) is 24.2 Å². The number of ketones is 1. The molecule has 1 aromatic heterocycles. The third kappa shape index (κ3) is 2.64. The van der Waals surface area contributed by atoms with Gasteiger partial charge in [0.1, 0.15) is 5.00 Å². The van der Waals surface area contributed by atoms with Crippen LogP contribution in [0, 0.1) is 11.3 Å². The molecule has 0 saturated heterocycles. The van der Waals surface area contributed by atoms with Crippen molar-refractivity contribution in [1.29, 1.82) is 0 Å². The van der Waals surface area contributed by atoms with Gasteiger partial charge >= 0.3 is 0 Å². The number of ether oxygens (including phenoxy) is 1. The van der Waals surface area contributed by atoms with E-state index in [4.69, 9.17) is 10.5 Å². The van der Waals surface area contributed by atoms with E-state index in [1.165, 1.54) is 24.2 Å². The minimum absolute atomic E-state index is 0.0730. The fraction of sp³-hybridized carbons (Fsp3) is 0.667. The Bertz CT molecular complexity index is 504. The topological polar surface area (TPSA) is 64.3 Å². The van der Waals surface area contributed by atoms with Crippen LogP contribution in [-0.4, -0.2) is 19.4 Å². The summed E-state index contributed by atoms with van der Waals surface area (Å²) in [6.45, 7) is 7.29. The van der Waals surface area contributed by atoms with Gasteiger partial charge in [-0.25, -0.2) is 0 Å². The number of nitrogens with two attached hydrogens (primary N) is 1. The Labute approximate surface area is 124 Å². The number of thiophene rings is 1. The summed E-state index contributed by atoms with van der Waals surface area (Å²) in [5.41, 5.74) is 6.91. The molecule has 1 heterocycles. The zero-order chi connectivity index (χ0) is 14.9. The Morgan fingerprint density at radius 3 is 2.60 bits per heavy atom. The molecule has 0 aromatic carbocycles. The van der Waals surface area contributed by atoms with Crippen molar-refractivity contribution in [1.82, 2.24) is 0 Å². The number of anilines is 2. The van der Waals surface area contributed by atoms with Crippen molar-refractivity contribution in [3.05, 3.63) is 4.88 Å². The van der Waals surface area contributed by atoms with Crippen molar-refractivity contribution in [3.63, 3.8) is 0 Å². The average molecular weight is 296 g/mol. The van der Waals surface area contributed by atoms with Gasteiger partial charge in [-0.1, -0.05) is 20.8 Å². The fourth-order valence-corrected chi connectivity index (χ4v) is 3.59. The van der Waals surface area contributed by atoms with E-state index in [-0.39, 0.29) is 5.78 Å². The lowest BCUT2D eigenvalue weighted by molar-refractivity contribution is 0.0992. The molecule has 1 aliphatic carbocycles. The first-order valence-electron chi connectivity index (χ1n) is 7.18. The molecule has 0 spiro atoms. The minimum Gasteiger partial charge on any atom is -0.492 e. The highest BCUT2D eigenvalue weighted by Crippen LogP contribution is 2.52. The van der Waals surface area contributed by atoms with E-state index in [0.29, 0.717) is 34.1 Å². The first kappa shape index (κ1) is 15.2. The van der Waals surface area contributed by atoms with Gasteiger partial charge in [-0.3, -0.25) is 4.79 Å². The lowest BCUT2D eigenvalue weighted by Crippen LogP contribution is -2.20. The van der Waals surface area contributed by atoms with Crippen LogP contribution >= 0.6 is 11.3 Å². The predicted octanol–water partition coefficient (Wildman–Crippen LogP) is 3.78. The van der Waals surface area contributed by atoms with Gasteiger partial charge in [0.05, 0.1) is 17.7 Å². The van der Waals surface area contributed by atoms with Gasteiger partial charge in [0, 0.05) is 13.0 Å². The molecule has 0 atom stereocenters. The Balaban J connectivity index is 2.17. The van der Waals surface area contributed by atoms with E-state index in [9.17, 15) is 4.79 Å². The van der Waals surface area contributed by atoms with Crippen molar-refractivity contribution in [2.24, 2.45) is 11.3 Å². The van der Waals surface area contributed by atoms with E-state index in [2.05, 4.69) is 19.2 Å². The van der Waals surface area contributed by atoms with Crippen molar-refractivity contribution >= 4 is 27.8 Å². The van der Waals surface area contributed by atoms with Crippen molar-refractivity contribution in [2.75, 3.05) is 24.7 Å². The molecule has 3 N–H and O–H groups in total. The summed E-state index contributed by atoms with van der Waals surface area (Å²) >= 11 is 1.41. The second-order valence-electron chi connectivity index (χ2n) is 5.85. The largest absolute Gasteiger partial charge is 0.492 e. The SMILES string of the molecule is CCC(=O)c1sc(NCC2(C(C)C)CC2)c(OC)c1N. The first-order valence-corrected chi connectivity index (χ1v) is 8.00. The average Bonchev–Trinajstić information content (AvgIpc) is 3.15. The molecule has 0 aliphatic heterocycles. The van der Waals surface area contributed by atoms with Crippen LogP contribution in [0.5, 0.6) is 5.75 Å². The highest BCUT2D eigenvalue weighted by atomic mass is 32.1. The number of hydrogen-bond acceptors (Lipinski definition) is 5. The summed E-state index contributed by atoms with van der Waals surface area (Å²) in [5.74, 6) is 1.35. The summed E-state index contributed by atoms with van der Waals surface area (Å²) in [6, 6.07) is 0. The molecule has 0 radical (unpaired) electrons. The maximum absolute atomic E-state index is 11.9. The van der Waals surface area contributed by atoms with Crippen LogP contribution in [0.1, 0.15) is 49.7 Å². The van der Waals surface area contributed by atoms with E-state index in [1.807, 2.05) is 6.92 Å². The molecule has 2 rings (SSSR count). The van der Waals surface area contributed by atoms with Crippen LogP contribution in [-0.2, 0) is 0 Å². The number of methoxy groups -OCH3 is 1. The molecule has 20 heavy (non-hydrogen) atoms. The number of hydrogen-bond donors (Lipinski definition) is 2. The molecule has 4 nitrogen and oxygen atoms in total. The van der Waals surface area contributed by atoms with Crippen molar-refractivity contribution in [3.8, 4) is 5.75 Å².